The summed E-state index contributed by atoms with van der Waals surface area (Å²) in [5.41, 5.74) is 0. The Balaban J connectivity index is 2.24. The lowest BCUT2D eigenvalue weighted by atomic mass is 10.1. The standard InChI is InChI=1S/C12H19N3O3S/c1-3-4-10-13-14-12(19-7-11(16)17)15(10)9-5-6-18-8(9)2/h8-9H,3-7H2,1-2H3,(H,16,17). The Morgan fingerprint density at radius 2 is 2.37 bits per heavy atom. The number of hydrogen-bond acceptors (Lipinski definition) is 5. The molecule has 0 saturated carbocycles. The molecule has 0 spiro atoms. The van der Waals surface area contributed by atoms with Crippen molar-refractivity contribution < 1.29 is 14.6 Å². The molecule has 6 nitrogen and oxygen atoms in total. The van der Waals surface area contributed by atoms with Crippen LogP contribution in [-0.4, -0.2) is 44.3 Å². The molecule has 1 saturated heterocycles. The third kappa shape index (κ3) is 3.27. The Morgan fingerprint density at radius 3 is 2.95 bits per heavy atom. The van der Waals surface area contributed by atoms with E-state index in [1.807, 2.05) is 6.92 Å². The lowest BCUT2D eigenvalue weighted by Gasteiger charge is -2.19. The molecule has 1 aromatic rings. The lowest BCUT2D eigenvalue weighted by molar-refractivity contribution is -0.133. The van der Waals surface area contributed by atoms with Crippen molar-refractivity contribution in [3.8, 4) is 0 Å². The smallest absolute Gasteiger partial charge is 0.313 e. The summed E-state index contributed by atoms with van der Waals surface area (Å²) in [5, 5.41) is 17.8. The second-order valence-corrected chi connectivity index (χ2v) is 5.58. The highest BCUT2D eigenvalue weighted by atomic mass is 32.2. The predicted octanol–water partition coefficient (Wildman–Crippen LogP) is 1.76. The Labute approximate surface area is 116 Å². The van der Waals surface area contributed by atoms with E-state index in [2.05, 4.69) is 21.7 Å². The molecular formula is C12H19N3O3S. The van der Waals surface area contributed by atoms with Crippen molar-refractivity contribution in [2.75, 3.05) is 12.4 Å². The first-order valence-corrected chi connectivity index (χ1v) is 7.52. The minimum absolute atomic E-state index is 0.00617. The molecule has 0 bridgehead atoms. The maximum absolute atomic E-state index is 10.7. The van der Waals surface area contributed by atoms with E-state index in [9.17, 15) is 4.79 Å². The number of aliphatic carboxylic acids is 1. The number of nitrogens with zero attached hydrogens (tertiary/aromatic N) is 3. The quantitative estimate of drug-likeness (QED) is 0.802. The average molecular weight is 285 g/mol. The van der Waals surface area contributed by atoms with Crippen LogP contribution in [0.1, 0.15) is 38.6 Å². The van der Waals surface area contributed by atoms with Crippen molar-refractivity contribution in [2.24, 2.45) is 0 Å². The van der Waals surface area contributed by atoms with Crippen LogP contribution in [0.5, 0.6) is 0 Å². The molecule has 7 heteroatoms. The number of aryl methyl sites for hydroxylation is 1. The van der Waals surface area contributed by atoms with Gasteiger partial charge in [-0.1, -0.05) is 18.7 Å². The van der Waals surface area contributed by atoms with Crippen LogP contribution in [0.4, 0.5) is 0 Å². The third-order valence-electron chi connectivity index (χ3n) is 3.20. The summed E-state index contributed by atoms with van der Waals surface area (Å²) in [4.78, 5) is 10.7. The van der Waals surface area contributed by atoms with E-state index in [1.165, 1.54) is 11.8 Å². The zero-order valence-electron chi connectivity index (χ0n) is 11.2. The predicted molar refractivity (Wildman–Crippen MR) is 71.4 cm³/mol. The number of rotatable bonds is 6. The Bertz CT molecular complexity index is 449. The van der Waals surface area contributed by atoms with Gasteiger partial charge in [0.05, 0.1) is 17.9 Å². The maximum atomic E-state index is 10.7. The van der Waals surface area contributed by atoms with Crippen LogP contribution in [0.25, 0.3) is 0 Å². The molecule has 0 aliphatic carbocycles. The normalized spacial score (nSPS) is 22.8. The second kappa shape index (κ2) is 6.38. The summed E-state index contributed by atoms with van der Waals surface area (Å²) < 4.78 is 7.68. The highest BCUT2D eigenvalue weighted by Gasteiger charge is 2.30. The number of aromatic nitrogens is 3. The van der Waals surface area contributed by atoms with E-state index in [0.717, 1.165) is 31.7 Å². The van der Waals surface area contributed by atoms with Gasteiger partial charge in [0, 0.05) is 13.0 Å². The summed E-state index contributed by atoms with van der Waals surface area (Å²) in [5.74, 6) is 0.0942. The van der Waals surface area contributed by atoms with Crippen molar-refractivity contribution in [1.29, 1.82) is 0 Å². The SMILES string of the molecule is CCCc1nnc(SCC(=O)O)n1C1CCOC1C. The molecule has 0 radical (unpaired) electrons. The van der Waals surface area contributed by atoms with E-state index in [0.29, 0.717) is 5.16 Å². The summed E-state index contributed by atoms with van der Waals surface area (Å²) in [7, 11) is 0. The van der Waals surface area contributed by atoms with Gasteiger partial charge in [-0.3, -0.25) is 4.79 Å². The van der Waals surface area contributed by atoms with Gasteiger partial charge in [-0.15, -0.1) is 10.2 Å². The van der Waals surface area contributed by atoms with E-state index >= 15 is 0 Å². The Hall–Kier alpha value is -1.08. The number of carbonyl (C=O) groups is 1. The van der Waals surface area contributed by atoms with Gasteiger partial charge in [-0.2, -0.15) is 0 Å². The molecule has 1 aliphatic heterocycles. The van der Waals surface area contributed by atoms with Crippen LogP contribution in [0.15, 0.2) is 5.16 Å². The molecule has 106 valence electrons. The molecule has 2 atom stereocenters. The van der Waals surface area contributed by atoms with Gasteiger partial charge in [0.2, 0.25) is 0 Å². The van der Waals surface area contributed by atoms with Crippen molar-refractivity contribution in [2.45, 2.75) is 50.4 Å². The van der Waals surface area contributed by atoms with Crippen LogP contribution in [0, 0.1) is 0 Å². The van der Waals surface area contributed by atoms with Crippen LogP contribution in [0.3, 0.4) is 0 Å². The van der Waals surface area contributed by atoms with E-state index in [4.69, 9.17) is 9.84 Å². The highest BCUT2D eigenvalue weighted by Crippen LogP contribution is 2.31. The molecule has 2 heterocycles. The second-order valence-electron chi connectivity index (χ2n) is 4.63. The van der Waals surface area contributed by atoms with Crippen LogP contribution >= 0.6 is 11.8 Å². The minimum Gasteiger partial charge on any atom is -0.481 e. The summed E-state index contributed by atoms with van der Waals surface area (Å²) in [6.45, 7) is 4.87. The fraction of sp³-hybridized carbons (Fsp3) is 0.750. The zero-order valence-corrected chi connectivity index (χ0v) is 12.0. The highest BCUT2D eigenvalue weighted by molar-refractivity contribution is 7.99. The number of carboxylic acids is 1. The number of hydrogen-bond donors (Lipinski definition) is 1. The molecule has 1 N–H and O–H groups in total. The van der Waals surface area contributed by atoms with Crippen LogP contribution < -0.4 is 0 Å². The summed E-state index contributed by atoms with van der Waals surface area (Å²) in [6, 6.07) is 0.216. The van der Waals surface area contributed by atoms with Gasteiger partial charge in [0.15, 0.2) is 5.16 Å². The molecular weight excluding hydrogens is 266 g/mol. The van der Waals surface area contributed by atoms with E-state index in [1.54, 1.807) is 0 Å². The van der Waals surface area contributed by atoms with Gasteiger partial charge in [0.25, 0.3) is 0 Å². The summed E-state index contributed by atoms with van der Waals surface area (Å²) in [6.07, 6.45) is 2.89. The monoisotopic (exact) mass is 285 g/mol. The van der Waals surface area contributed by atoms with Crippen LogP contribution in [-0.2, 0) is 16.0 Å². The fourth-order valence-corrected chi connectivity index (χ4v) is 3.05. The molecule has 1 fully saturated rings. The molecule has 2 unspecified atom stereocenters. The summed E-state index contributed by atoms with van der Waals surface area (Å²) >= 11 is 1.22. The molecule has 1 aromatic heterocycles. The zero-order chi connectivity index (χ0) is 13.8. The first-order chi connectivity index (χ1) is 9.13. The van der Waals surface area contributed by atoms with Gasteiger partial charge < -0.3 is 14.4 Å². The van der Waals surface area contributed by atoms with Crippen molar-refractivity contribution in [3.63, 3.8) is 0 Å². The van der Waals surface area contributed by atoms with Crippen LogP contribution in [0.2, 0.25) is 0 Å². The molecule has 0 amide bonds. The maximum Gasteiger partial charge on any atom is 0.313 e. The van der Waals surface area contributed by atoms with Crippen molar-refractivity contribution in [1.82, 2.24) is 14.8 Å². The van der Waals surface area contributed by atoms with Gasteiger partial charge >= 0.3 is 5.97 Å². The minimum atomic E-state index is -0.840. The van der Waals surface area contributed by atoms with E-state index < -0.39 is 5.97 Å². The van der Waals surface area contributed by atoms with Crippen molar-refractivity contribution in [3.05, 3.63) is 5.82 Å². The number of ether oxygens (including phenoxy) is 1. The number of carboxylic acid groups (broad SMARTS) is 1. The molecule has 2 rings (SSSR count). The molecule has 19 heavy (non-hydrogen) atoms. The Morgan fingerprint density at radius 1 is 1.58 bits per heavy atom. The lowest BCUT2D eigenvalue weighted by Crippen LogP contribution is -2.20. The Kier molecular flexibility index (Phi) is 4.81. The topological polar surface area (TPSA) is 77.2 Å². The first kappa shape index (κ1) is 14.3. The first-order valence-electron chi connectivity index (χ1n) is 6.53. The number of thioether (sulfide) groups is 1. The van der Waals surface area contributed by atoms with Gasteiger partial charge in [-0.25, -0.2) is 0 Å². The average Bonchev–Trinajstić information content (AvgIpc) is 2.93. The molecule has 0 aromatic carbocycles. The van der Waals surface area contributed by atoms with E-state index in [-0.39, 0.29) is 17.9 Å². The third-order valence-corrected chi connectivity index (χ3v) is 4.13. The van der Waals surface area contributed by atoms with Crippen molar-refractivity contribution >= 4 is 17.7 Å². The van der Waals surface area contributed by atoms with Gasteiger partial charge in [-0.05, 0) is 19.8 Å². The van der Waals surface area contributed by atoms with Gasteiger partial charge in [0.1, 0.15) is 5.82 Å². The fourth-order valence-electron chi connectivity index (χ4n) is 2.32. The molecule has 1 aliphatic rings. The largest absolute Gasteiger partial charge is 0.481 e.